The third kappa shape index (κ3) is 5.55. The van der Waals surface area contributed by atoms with Gasteiger partial charge in [-0.25, -0.2) is 0 Å². The second kappa shape index (κ2) is 9.35. The Labute approximate surface area is 151 Å². The molecule has 1 aromatic rings. The van der Waals surface area contributed by atoms with Crippen LogP contribution in [0.15, 0.2) is 30.3 Å². The molecule has 2 N–H and O–H groups in total. The van der Waals surface area contributed by atoms with Crippen LogP contribution in [0.5, 0.6) is 0 Å². The Bertz CT molecular complexity index is 520. The third-order valence-corrected chi connectivity index (χ3v) is 5.82. The Morgan fingerprint density at radius 2 is 1.76 bits per heavy atom. The fourth-order valence-corrected chi connectivity index (χ4v) is 4.17. The minimum absolute atomic E-state index is 0.247. The van der Waals surface area contributed by atoms with E-state index in [-0.39, 0.29) is 11.8 Å². The molecule has 1 heterocycles. The zero-order valence-electron chi connectivity index (χ0n) is 15.2. The molecule has 0 radical (unpaired) electrons. The van der Waals surface area contributed by atoms with Crippen molar-refractivity contribution in [2.75, 3.05) is 13.1 Å². The number of benzene rings is 1. The van der Waals surface area contributed by atoms with E-state index >= 15 is 0 Å². The fraction of sp³-hybridized carbons (Fsp3) is 0.667. The monoisotopic (exact) mass is 344 g/mol. The normalized spacial score (nSPS) is 21.2. The van der Waals surface area contributed by atoms with E-state index in [0.29, 0.717) is 12.5 Å². The zero-order chi connectivity index (χ0) is 17.5. The summed E-state index contributed by atoms with van der Waals surface area (Å²) in [5.74, 6) is 0.525. The van der Waals surface area contributed by atoms with Crippen LogP contribution < -0.4 is 5.32 Å². The third-order valence-electron chi connectivity index (χ3n) is 5.82. The van der Waals surface area contributed by atoms with Gasteiger partial charge in [0.1, 0.15) is 6.23 Å². The summed E-state index contributed by atoms with van der Waals surface area (Å²) in [6.45, 7) is 1.56. The van der Waals surface area contributed by atoms with Gasteiger partial charge in [0.25, 0.3) is 0 Å². The van der Waals surface area contributed by atoms with Crippen molar-refractivity contribution in [2.24, 2.45) is 5.92 Å². The first-order valence-corrected chi connectivity index (χ1v) is 9.98. The highest BCUT2D eigenvalue weighted by molar-refractivity contribution is 5.76. The van der Waals surface area contributed by atoms with Gasteiger partial charge in [0.15, 0.2) is 0 Å². The lowest BCUT2D eigenvalue weighted by molar-refractivity contribution is -0.133. The quantitative estimate of drug-likeness (QED) is 0.780. The summed E-state index contributed by atoms with van der Waals surface area (Å²) in [4.78, 5) is 14.4. The summed E-state index contributed by atoms with van der Waals surface area (Å²) in [6.07, 6.45) is 9.04. The summed E-state index contributed by atoms with van der Waals surface area (Å²) in [5.41, 5.74) is 1.22. The number of hydrogen-bond donors (Lipinski definition) is 2. The van der Waals surface area contributed by atoms with E-state index in [2.05, 4.69) is 17.4 Å². The molecule has 1 aliphatic heterocycles. The number of amides is 1. The highest BCUT2D eigenvalue weighted by atomic mass is 16.3. The van der Waals surface area contributed by atoms with Crippen LogP contribution in [-0.2, 0) is 11.2 Å². The molecule has 1 atom stereocenters. The number of nitrogens with zero attached hydrogens (tertiary/aromatic N) is 1. The number of carbonyl (C=O) groups is 1. The average molecular weight is 344 g/mol. The lowest BCUT2D eigenvalue weighted by Gasteiger charge is -2.36. The van der Waals surface area contributed by atoms with Crippen LogP contribution in [-0.4, -0.2) is 41.3 Å². The van der Waals surface area contributed by atoms with E-state index in [4.69, 9.17) is 0 Å². The lowest BCUT2D eigenvalue weighted by atomic mass is 9.91. The second-order valence-corrected chi connectivity index (χ2v) is 7.65. The van der Waals surface area contributed by atoms with Crippen LogP contribution in [0.2, 0.25) is 0 Å². The first kappa shape index (κ1) is 18.4. The molecule has 2 fully saturated rings. The maximum absolute atomic E-state index is 12.4. The Morgan fingerprint density at radius 3 is 2.44 bits per heavy atom. The highest BCUT2D eigenvalue weighted by Gasteiger charge is 2.28. The number of rotatable bonds is 6. The molecule has 0 unspecified atom stereocenters. The number of aliphatic hydroxyl groups is 1. The summed E-state index contributed by atoms with van der Waals surface area (Å²) < 4.78 is 0. The van der Waals surface area contributed by atoms with Crippen LogP contribution >= 0.6 is 0 Å². The first-order chi connectivity index (χ1) is 12.2. The van der Waals surface area contributed by atoms with Crippen molar-refractivity contribution in [1.29, 1.82) is 0 Å². The molecule has 1 saturated carbocycles. The van der Waals surface area contributed by atoms with Gasteiger partial charge in [-0.05, 0) is 37.7 Å². The molecule has 0 spiro atoms. The molecule has 0 bridgehead atoms. The van der Waals surface area contributed by atoms with Gasteiger partial charge in [0.05, 0.1) is 0 Å². The molecule has 3 rings (SSSR count). The predicted molar refractivity (Wildman–Crippen MR) is 100 cm³/mol. The van der Waals surface area contributed by atoms with Crippen LogP contribution in [0.3, 0.4) is 0 Å². The average Bonchev–Trinajstić information content (AvgIpc) is 2.68. The molecule has 0 aromatic heterocycles. The maximum atomic E-state index is 12.4. The van der Waals surface area contributed by atoms with Crippen LogP contribution in [0.1, 0.15) is 56.9 Å². The van der Waals surface area contributed by atoms with E-state index < -0.39 is 6.23 Å². The summed E-state index contributed by atoms with van der Waals surface area (Å²) in [7, 11) is 0. The molecular formula is C21H32N2O2. The number of aliphatic hydroxyl groups excluding tert-OH is 1. The number of nitrogens with one attached hydrogen (secondary N) is 1. The number of piperidine rings is 1. The molecule has 4 nitrogen and oxygen atoms in total. The van der Waals surface area contributed by atoms with Gasteiger partial charge < -0.3 is 10.0 Å². The Balaban J connectivity index is 1.38. The largest absolute Gasteiger partial charge is 0.378 e. The van der Waals surface area contributed by atoms with Crippen molar-refractivity contribution in [1.82, 2.24) is 10.2 Å². The standard InChI is InChI=1S/C21H32N2O2/c24-20(12-11-17-7-3-1-4-8-17)23-15-13-18(14-16-23)21(25)22-19-9-5-2-6-10-19/h1,3-4,7-8,18-19,21-22,25H,2,5-6,9-16H2/t21-/m1/s1. The van der Waals surface area contributed by atoms with Crippen molar-refractivity contribution in [3.05, 3.63) is 35.9 Å². The number of carbonyl (C=O) groups excluding carboxylic acids is 1. The van der Waals surface area contributed by atoms with Crippen molar-refractivity contribution in [2.45, 2.75) is 70.1 Å². The van der Waals surface area contributed by atoms with E-state index in [1.165, 1.54) is 37.7 Å². The predicted octanol–water partition coefficient (Wildman–Crippen LogP) is 3.10. The molecular weight excluding hydrogens is 312 g/mol. The molecule has 1 aliphatic carbocycles. The van der Waals surface area contributed by atoms with E-state index in [1.54, 1.807) is 0 Å². The van der Waals surface area contributed by atoms with E-state index in [1.807, 2.05) is 23.1 Å². The molecule has 4 heteroatoms. The summed E-state index contributed by atoms with van der Waals surface area (Å²) >= 11 is 0. The number of likely N-dealkylation sites (tertiary alicyclic amines) is 1. The van der Waals surface area contributed by atoms with Gasteiger partial charge in [0.2, 0.25) is 5.91 Å². The van der Waals surface area contributed by atoms with E-state index in [0.717, 1.165) is 32.4 Å². The van der Waals surface area contributed by atoms with Gasteiger partial charge in [-0.15, -0.1) is 0 Å². The maximum Gasteiger partial charge on any atom is 0.222 e. The SMILES string of the molecule is O=C(CCc1ccccc1)N1CCC([C@@H](O)NC2CCCCC2)CC1. The van der Waals surface area contributed by atoms with Crippen LogP contribution in [0.4, 0.5) is 0 Å². The molecule has 1 saturated heterocycles. The molecule has 1 amide bonds. The minimum Gasteiger partial charge on any atom is -0.378 e. The fourth-order valence-electron chi connectivity index (χ4n) is 4.17. The van der Waals surface area contributed by atoms with Gasteiger partial charge >= 0.3 is 0 Å². The molecule has 25 heavy (non-hydrogen) atoms. The van der Waals surface area contributed by atoms with Crippen LogP contribution in [0.25, 0.3) is 0 Å². The highest BCUT2D eigenvalue weighted by Crippen LogP contribution is 2.23. The smallest absolute Gasteiger partial charge is 0.222 e. The van der Waals surface area contributed by atoms with Crippen molar-refractivity contribution < 1.29 is 9.90 Å². The van der Waals surface area contributed by atoms with Gasteiger partial charge in [0, 0.05) is 31.5 Å². The second-order valence-electron chi connectivity index (χ2n) is 7.65. The molecule has 138 valence electrons. The van der Waals surface area contributed by atoms with Crippen molar-refractivity contribution >= 4 is 5.91 Å². The Kier molecular flexibility index (Phi) is 6.88. The van der Waals surface area contributed by atoms with Gasteiger partial charge in [-0.3, -0.25) is 10.1 Å². The summed E-state index contributed by atoms with van der Waals surface area (Å²) in [6, 6.07) is 10.7. The van der Waals surface area contributed by atoms with Crippen molar-refractivity contribution in [3.63, 3.8) is 0 Å². The Morgan fingerprint density at radius 1 is 1.08 bits per heavy atom. The van der Waals surface area contributed by atoms with Gasteiger partial charge in [-0.2, -0.15) is 0 Å². The Hall–Kier alpha value is -1.39. The zero-order valence-corrected chi connectivity index (χ0v) is 15.2. The van der Waals surface area contributed by atoms with Crippen molar-refractivity contribution in [3.8, 4) is 0 Å². The van der Waals surface area contributed by atoms with E-state index in [9.17, 15) is 9.90 Å². The van der Waals surface area contributed by atoms with Crippen LogP contribution in [0, 0.1) is 5.92 Å². The molecule has 2 aliphatic rings. The lowest BCUT2D eigenvalue weighted by Crippen LogP contribution is -2.48. The number of hydrogen-bond acceptors (Lipinski definition) is 3. The summed E-state index contributed by atoms with van der Waals surface area (Å²) in [5, 5.41) is 13.9. The molecule has 1 aromatic carbocycles. The topological polar surface area (TPSA) is 52.6 Å². The number of aryl methyl sites for hydroxylation is 1. The minimum atomic E-state index is -0.412. The first-order valence-electron chi connectivity index (χ1n) is 9.98. The van der Waals surface area contributed by atoms with Gasteiger partial charge in [-0.1, -0.05) is 49.6 Å².